The highest BCUT2D eigenvalue weighted by Gasteiger charge is 2.23. The van der Waals surface area contributed by atoms with Crippen molar-refractivity contribution in [2.45, 2.75) is 25.3 Å². The number of ether oxygens (including phenoxy) is 1. The van der Waals surface area contributed by atoms with Gasteiger partial charge in [0.05, 0.1) is 0 Å². The number of amides is 1. The molecule has 0 heterocycles. The maximum Gasteiger partial charge on any atom is 0.258 e. The number of nitrogens with one attached hydrogen (secondary N) is 1. The van der Waals surface area contributed by atoms with E-state index in [0.29, 0.717) is 18.3 Å². The van der Waals surface area contributed by atoms with Crippen LogP contribution in [0.5, 0.6) is 5.75 Å². The fraction of sp³-hybridized carbons (Fsp3) is 0.462. The molecule has 0 unspecified atom stereocenters. The maximum atomic E-state index is 11.5. The van der Waals surface area contributed by atoms with Crippen LogP contribution in [0.25, 0.3) is 0 Å². The normalized spacial score (nSPS) is 14.3. The summed E-state index contributed by atoms with van der Waals surface area (Å²) in [6.45, 7) is 0.657. The average molecular weight is 313 g/mol. The first-order valence-corrected chi connectivity index (χ1v) is 6.89. The second kappa shape index (κ2) is 6.20. The minimum Gasteiger partial charge on any atom is -0.484 e. The van der Waals surface area contributed by atoms with Gasteiger partial charge in [-0.25, -0.2) is 0 Å². The van der Waals surface area contributed by atoms with Gasteiger partial charge in [-0.1, -0.05) is 15.9 Å². The van der Waals surface area contributed by atoms with E-state index in [2.05, 4.69) is 21.2 Å². The van der Waals surface area contributed by atoms with Crippen molar-refractivity contribution in [2.75, 3.05) is 13.2 Å². The molecule has 0 atom stereocenters. The van der Waals surface area contributed by atoms with E-state index in [4.69, 9.17) is 10.5 Å². The van der Waals surface area contributed by atoms with Gasteiger partial charge >= 0.3 is 0 Å². The number of nitrogens with two attached hydrogens (primary N) is 1. The fourth-order valence-corrected chi connectivity index (χ4v) is 2.08. The summed E-state index contributed by atoms with van der Waals surface area (Å²) in [4.78, 5) is 11.5. The zero-order valence-electron chi connectivity index (χ0n) is 10.1. The lowest BCUT2D eigenvalue weighted by Gasteiger charge is -2.09. The first kappa shape index (κ1) is 13.4. The Balaban J connectivity index is 1.87. The van der Waals surface area contributed by atoms with E-state index >= 15 is 0 Å². The molecule has 1 saturated carbocycles. The molecule has 5 heteroatoms. The first-order chi connectivity index (χ1) is 8.69. The topological polar surface area (TPSA) is 64.3 Å². The van der Waals surface area contributed by atoms with E-state index < -0.39 is 0 Å². The maximum absolute atomic E-state index is 11.5. The summed E-state index contributed by atoms with van der Waals surface area (Å²) in [5, 5.41) is 2.88. The molecule has 1 aromatic carbocycles. The lowest BCUT2D eigenvalue weighted by molar-refractivity contribution is -0.123. The van der Waals surface area contributed by atoms with Crippen LogP contribution in [0.3, 0.4) is 0 Å². The van der Waals surface area contributed by atoms with Crippen LogP contribution < -0.4 is 15.8 Å². The molecule has 0 radical (unpaired) electrons. The monoisotopic (exact) mass is 312 g/mol. The molecule has 0 aromatic heterocycles. The van der Waals surface area contributed by atoms with E-state index in [-0.39, 0.29) is 12.5 Å². The summed E-state index contributed by atoms with van der Waals surface area (Å²) in [7, 11) is 0. The molecule has 0 saturated heterocycles. The molecule has 0 bridgehead atoms. The van der Waals surface area contributed by atoms with Gasteiger partial charge in [-0.2, -0.15) is 0 Å². The molecule has 1 amide bonds. The van der Waals surface area contributed by atoms with Gasteiger partial charge in [0.15, 0.2) is 6.61 Å². The summed E-state index contributed by atoms with van der Waals surface area (Å²) >= 11 is 3.46. The Hall–Kier alpha value is -1.07. The molecular formula is C13H17BrN2O2. The highest BCUT2D eigenvalue weighted by Crippen LogP contribution is 2.23. The van der Waals surface area contributed by atoms with Crippen LogP contribution in [0.1, 0.15) is 18.4 Å². The summed E-state index contributed by atoms with van der Waals surface area (Å²) in [6.07, 6.45) is 2.96. The lowest BCUT2D eigenvalue weighted by Crippen LogP contribution is -2.30. The Morgan fingerprint density at radius 1 is 1.50 bits per heavy atom. The largest absolute Gasteiger partial charge is 0.484 e. The van der Waals surface area contributed by atoms with Crippen molar-refractivity contribution in [3.05, 3.63) is 28.2 Å². The number of halogens is 1. The second-order valence-corrected chi connectivity index (χ2v) is 5.28. The summed E-state index contributed by atoms with van der Waals surface area (Å²) < 4.78 is 6.48. The standard InChI is InChI=1S/C13H17BrN2O2/c14-12-4-3-11(7-9(12)5-6-15)18-8-13(17)16-10-1-2-10/h3-4,7,10H,1-2,5-6,8,15H2,(H,16,17). The molecule has 1 aliphatic carbocycles. The van der Waals surface area contributed by atoms with Crippen molar-refractivity contribution in [3.63, 3.8) is 0 Å². The van der Waals surface area contributed by atoms with E-state index in [1.165, 1.54) is 0 Å². The van der Waals surface area contributed by atoms with Crippen LogP contribution in [-0.2, 0) is 11.2 Å². The van der Waals surface area contributed by atoms with Gasteiger partial charge in [0, 0.05) is 10.5 Å². The SMILES string of the molecule is NCCc1cc(OCC(=O)NC2CC2)ccc1Br. The van der Waals surface area contributed by atoms with Crippen LogP contribution in [0.15, 0.2) is 22.7 Å². The van der Waals surface area contributed by atoms with Gasteiger partial charge < -0.3 is 15.8 Å². The van der Waals surface area contributed by atoms with Gasteiger partial charge in [0.2, 0.25) is 0 Å². The molecule has 0 spiro atoms. The van der Waals surface area contributed by atoms with Crippen LogP contribution in [0.4, 0.5) is 0 Å². The Bertz CT molecular complexity index is 433. The molecule has 2 rings (SSSR count). The zero-order valence-corrected chi connectivity index (χ0v) is 11.7. The first-order valence-electron chi connectivity index (χ1n) is 6.09. The molecular weight excluding hydrogens is 296 g/mol. The molecule has 4 nitrogen and oxygen atoms in total. The minimum atomic E-state index is -0.0548. The molecule has 1 aliphatic rings. The number of benzene rings is 1. The Kier molecular flexibility index (Phi) is 4.60. The molecule has 3 N–H and O–H groups in total. The summed E-state index contributed by atoms with van der Waals surface area (Å²) in [5.74, 6) is 0.647. The van der Waals surface area contributed by atoms with E-state index in [1.807, 2.05) is 18.2 Å². The average Bonchev–Trinajstić information content (AvgIpc) is 3.14. The van der Waals surface area contributed by atoms with Crippen molar-refractivity contribution < 1.29 is 9.53 Å². The van der Waals surface area contributed by atoms with E-state index in [0.717, 1.165) is 29.3 Å². The highest BCUT2D eigenvalue weighted by atomic mass is 79.9. The predicted octanol–water partition coefficient (Wildman–Crippen LogP) is 1.61. The van der Waals surface area contributed by atoms with Gasteiger partial charge in [0.25, 0.3) is 5.91 Å². The second-order valence-electron chi connectivity index (χ2n) is 4.42. The molecule has 98 valence electrons. The molecule has 18 heavy (non-hydrogen) atoms. The molecule has 1 aromatic rings. The predicted molar refractivity (Wildman–Crippen MR) is 73.6 cm³/mol. The number of rotatable bonds is 6. The third-order valence-electron chi connectivity index (χ3n) is 2.74. The smallest absolute Gasteiger partial charge is 0.258 e. The number of hydrogen-bond donors (Lipinski definition) is 2. The van der Waals surface area contributed by atoms with E-state index in [1.54, 1.807) is 0 Å². The van der Waals surface area contributed by atoms with Crippen molar-refractivity contribution in [2.24, 2.45) is 5.73 Å². The number of carbonyl (C=O) groups is 1. The molecule has 1 fully saturated rings. The number of hydrogen-bond acceptors (Lipinski definition) is 3. The van der Waals surface area contributed by atoms with Crippen LogP contribution >= 0.6 is 15.9 Å². The van der Waals surface area contributed by atoms with Crippen molar-refractivity contribution >= 4 is 21.8 Å². The lowest BCUT2D eigenvalue weighted by atomic mass is 10.1. The third-order valence-corrected chi connectivity index (χ3v) is 3.52. The van der Waals surface area contributed by atoms with E-state index in [9.17, 15) is 4.79 Å². The van der Waals surface area contributed by atoms with Gasteiger partial charge in [-0.15, -0.1) is 0 Å². The van der Waals surface area contributed by atoms with Crippen molar-refractivity contribution in [3.8, 4) is 5.75 Å². The Morgan fingerprint density at radius 2 is 2.28 bits per heavy atom. The molecule has 0 aliphatic heterocycles. The van der Waals surface area contributed by atoms with Gasteiger partial charge in [-0.05, 0) is 49.6 Å². The van der Waals surface area contributed by atoms with Crippen LogP contribution in [0, 0.1) is 0 Å². The summed E-state index contributed by atoms with van der Waals surface area (Å²) in [5.41, 5.74) is 6.63. The van der Waals surface area contributed by atoms with Crippen LogP contribution in [-0.4, -0.2) is 25.1 Å². The third kappa shape index (κ3) is 3.99. The Morgan fingerprint density at radius 3 is 2.94 bits per heavy atom. The quantitative estimate of drug-likeness (QED) is 0.838. The minimum absolute atomic E-state index is 0.0548. The van der Waals surface area contributed by atoms with Gasteiger partial charge in [0.1, 0.15) is 5.75 Å². The van der Waals surface area contributed by atoms with Crippen molar-refractivity contribution in [1.29, 1.82) is 0 Å². The summed E-state index contributed by atoms with van der Waals surface area (Å²) in [6, 6.07) is 6.05. The van der Waals surface area contributed by atoms with Gasteiger partial charge in [-0.3, -0.25) is 4.79 Å². The van der Waals surface area contributed by atoms with Crippen LogP contribution in [0.2, 0.25) is 0 Å². The Labute approximate surface area is 115 Å². The number of carbonyl (C=O) groups excluding carboxylic acids is 1. The van der Waals surface area contributed by atoms with Crippen molar-refractivity contribution in [1.82, 2.24) is 5.32 Å². The zero-order chi connectivity index (χ0) is 13.0. The fourth-order valence-electron chi connectivity index (χ4n) is 1.63. The highest BCUT2D eigenvalue weighted by molar-refractivity contribution is 9.10.